The smallest absolute Gasteiger partial charge is 0.0202 e. The quantitative estimate of drug-likeness (QED) is 0.512. The molecule has 0 saturated carbocycles. The van der Waals surface area contributed by atoms with Crippen LogP contribution in [0.3, 0.4) is 0 Å². The highest BCUT2D eigenvalue weighted by atomic mass is 14.2. The zero-order valence-electron chi connectivity index (χ0n) is 11.2. The Balaban J connectivity index is 1.93. The Bertz CT molecular complexity index is 249. The lowest BCUT2D eigenvalue weighted by Crippen LogP contribution is -2.13. The maximum absolute atomic E-state index is 2.55. The number of allylic oxidation sites excluding steroid dienone is 4. The fourth-order valence-corrected chi connectivity index (χ4v) is 3.32. The van der Waals surface area contributed by atoms with Crippen molar-refractivity contribution in [3.05, 3.63) is 24.3 Å². The first-order chi connectivity index (χ1) is 8.47. The molecule has 2 atom stereocenters. The zero-order valence-corrected chi connectivity index (χ0v) is 11.2. The zero-order chi connectivity index (χ0) is 11.8. The second kappa shape index (κ2) is 7.74. The fraction of sp³-hybridized carbons (Fsp3) is 0.765. The van der Waals surface area contributed by atoms with Crippen LogP contribution in [0, 0.1) is 11.8 Å². The Labute approximate surface area is 107 Å². The fourth-order valence-electron chi connectivity index (χ4n) is 3.32. The average molecular weight is 232 g/mol. The van der Waals surface area contributed by atoms with Crippen LogP contribution in [0.5, 0.6) is 0 Å². The van der Waals surface area contributed by atoms with E-state index in [4.69, 9.17) is 0 Å². The van der Waals surface area contributed by atoms with Gasteiger partial charge in [0, 0.05) is 0 Å². The van der Waals surface area contributed by atoms with E-state index in [1.807, 2.05) is 0 Å². The van der Waals surface area contributed by atoms with Crippen LogP contribution >= 0.6 is 0 Å². The van der Waals surface area contributed by atoms with Crippen LogP contribution in [0.2, 0.25) is 0 Å². The lowest BCUT2D eigenvalue weighted by Gasteiger charge is -2.25. The molecule has 2 aliphatic rings. The number of hydrogen-bond donors (Lipinski definition) is 0. The summed E-state index contributed by atoms with van der Waals surface area (Å²) in [5, 5.41) is 0. The molecule has 0 aliphatic heterocycles. The molecule has 2 rings (SSSR count). The summed E-state index contributed by atoms with van der Waals surface area (Å²) < 4.78 is 0. The summed E-state index contributed by atoms with van der Waals surface area (Å²) >= 11 is 0. The summed E-state index contributed by atoms with van der Waals surface area (Å²) in [4.78, 5) is 0. The predicted molar refractivity (Wildman–Crippen MR) is 76.0 cm³/mol. The van der Waals surface area contributed by atoms with Crippen LogP contribution in [0.4, 0.5) is 0 Å². The first-order valence-electron chi connectivity index (χ1n) is 7.78. The first kappa shape index (κ1) is 12.9. The van der Waals surface area contributed by atoms with Gasteiger partial charge in [-0.3, -0.25) is 0 Å². The second-order valence-electron chi connectivity index (χ2n) is 5.84. The molecule has 0 bridgehead atoms. The van der Waals surface area contributed by atoms with E-state index >= 15 is 0 Å². The van der Waals surface area contributed by atoms with Gasteiger partial charge in [-0.25, -0.2) is 0 Å². The normalized spacial score (nSPS) is 35.8. The average Bonchev–Trinajstić information content (AvgIpc) is 2.42. The van der Waals surface area contributed by atoms with Crippen LogP contribution in [0.1, 0.15) is 70.6 Å². The van der Waals surface area contributed by atoms with Crippen LogP contribution < -0.4 is 0 Å². The summed E-state index contributed by atoms with van der Waals surface area (Å²) in [5.41, 5.74) is 0. The third-order valence-electron chi connectivity index (χ3n) is 4.45. The van der Waals surface area contributed by atoms with Gasteiger partial charge in [0.2, 0.25) is 0 Å². The lowest BCUT2D eigenvalue weighted by molar-refractivity contribution is 0.330. The van der Waals surface area contributed by atoms with Gasteiger partial charge in [0.05, 0.1) is 0 Å². The topological polar surface area (TPSA) is 0 Å². The van der Waals surface area contributed by atoms with Gasteiger partial charge in [0.25, 0.3) is 0 Å². The van der Waals surface area contributed by atoms with Crippen LogP contribution in [-0.2, 0) is 0 Å². The predicted octanol–water partition coefficient (Wildman–Crippen LogP) is 5.65. The molecule has 2 aliphatic carbocycles. The van der Waals surface area contributed by atoms with Crippen molar-refractivity contribution in [3.63, 3.8) is 0 Å². The number of hydrogen-bond acceptors (Lipinski definition) is 0. The molecule has 0 heteroatoms. The maximum atomic E-state index is 2.55. The standard InChI is InChI=1S/C17H28/c1-2-5-9-13-16(12-8-4-1)17-14-10-6-3-7-11-15-17/h4,8,10,14,16-17H,1-3,5-7,9,11-13,15H2/b8-4+,14-10-. The molecule has 0 aromatic rings. The first-order valence-corrected chi connectivity index (χ1v) is 7.78. The Morgan fingerprint density at radius 3 is 2.29 bits per heavy atom. The van der Waals surface area contributed by atoms with Gasteiger partial charge < -0.3 is 0 Å². The molecule has 17 heavy (non-hydrogen) atoms. The Morgan fingerprint density at radius 2 is 1.41 bits per heavy atom. The summed E-state index contributed by atoms with van der Waals surface area (Å²) in [7, 11) is 0. The van der Waals surface area contributed by atoms with Crippen molar-refractivity contribution in [1.82, 2.24) is 0 Å². The molecule has 0 radical (unpaired) electrons. The minimum atomic E-state index is 0.873. The summed E-state index contributed by atoms with van der Waals surface area (Å²) in [6, 6.07) is 0. The van der Waals surface area contributed by atoms with E-state index in [1.165, 1.54) is 70.6 Å². The van der Waals surface area contributed by atoms with Gasteiger partial charge in [0.15, 0.2) is 0 Å². The molecule has 0 nitrogen and oxygen atoms in total. The van der Waals surface area contributed by atoms with Crippen molar-refractivity contribution in [2.45, 2.75) is 70.6 Å². The van der Waals surface area contributed by atoms with Gasteiger partial charge in [-0.15, -0.1) is 0 Å². The molecular formula is C17H28. The molecule has 2 unspecified atom stereocenters. The van der Waals surface area contributed by atoms with E-state index in [1.54, 1.807) is 0 Å². The third kappa shape index (κ3) is 4.69. The van der Waals surface area contributed by atoms with E-state index in [2.05, 4.69) is 24.3 Å². The van der Waals surface area contributed by atoms with Crippen molar-refractivity contribution in [2.75, 3.05) is 0 Å². The highest BCUT2D eigenvalue weighted by Crippen LogP contribution is 2.31. The number of rotatable bonds is 1. The molecule has 0 heterocycles. The molecule has 0 aromatic heterocycles. The third-order valence-corrected chi connectivity index (χ3v) is 4.45. The van der Waals surface area contributed by atoms with Gasteiger partial charge in [-0.1, -0.05) is 50.0 Å². The lowest BCUT2D eigenvalue weighted by atomic mass is 9.81. The molecular weight excluding hydrogens is 204 g/mol. The summed E-state index contributed by atoms with van der Waals surface area (Å²) in [5.74, 6) is 1.80. The Kier molecular flexibility index (Phi) is 5.88. The molecule has 0 N–H and O–H groups in total. The van der Waals surface area contributed by atoms with E-state index in [9.17, 15) is 0 Å². The van der Waals surface area contributed by atoms with Crippen molar-refractivity contribution in [2.24, 2.45) is 11.8 Å². The molecule has 96 valence electrons. The van der Waals surface area contributed by atoms with E-state index in [0.29, 0.717) is 0 Å². The van der Waals surface area contributed by atoms with Gasteiger partial charge in [-0.2, -0.15) is 0 Å². The van der Waals surface area contributed by atoms with Crippen molar-refractivity contribution in [1.29, 1.82) is 0 Å². The maximum Gasteiger partial charge on any atom is -0.0202 e. The van der Waals surface area contributed by atoms with Crippen LogP contribution in [0.15, 0.2) is 24.3 Å². The molecule has 0 spiro atoms. The van der Waals surface area contributed by atoms with Crippen LogP contribution in [0.25, 0.3) is 0 Å². The summed E-state index contributed by atoms with van der Waals surface area (Å²) in [6.07, 6.45) is 25.4. The van der Waals surface area contributed by atoms with Gasteiger partial charge >= 0.3 is 0 Å². The minimum absolute atomic E-state index is 0.873. The highest BCUT2D eigenvalue weighted by Gasteiger charge is 2.18. The monoisotopic (exact) mass is 232 g/mol. The second-order valence-corrected chi connectivity index (χ2v) is 5.84. The van der Waals surface area contributed by atoms with Crippen molar-refractivity contribution in [3.8, 4) is 0 Å². The highest BCUT2D eigenvalue weighted by molar-refractivity contribution is 4.96. The van der Waals surface area contributed by atoms with E-state index in [0.717, 1.165) is 11.8 Å². The largest absolute Gasteiger partial charge is 0.0885 e. The minimum Gasteiger partial charge on any atom is -0.0885 e. The van der Waals surface area contributed by atoms with E-state index < -0.39 is 0 Å². The van der Waals surface area contributed by atoms with E-state index in [-0.39, 0.29) is 0 Å². The molecule has 0 amide bonds. The van der Waals surface area contributed by atoms with Crippen LogP contribution in [-0.4, -0.2) is 0 Å². The van der Waals surface area contributed by atoms with Gasteiger partial charge in [-0.05, 0) is 56.8 Å². The van der Waals surface area contributed by atoms with Crippen molar-refractivity contribution >= 4 is 0 Å². The Morgan fingerprint density at radius 1 is 0.647 bits per heavy atom. The SMILES string of the molecule is C1=C\C(C2C/C=C/CCCCC2)CCCCC/1. The van der Waals surface area contributed by atoms with Gasteiger partial charge in [0.1, 0.15) is 0 Å². The van der Waals surface area contributed by atoms with Crippen molar-refractivity contribution < 1.29 is 0 Å². The summed E-state index contributed by atoms with van der Waals surface area (Å²) in [6.45, 7) is 0. The Hall–Kier alpha value is -0.520. The molecule has 0 fully saturated rings. The molecule has 0 aromatic carbocycles. The molecule has 0 saturated heterocycles.